The molecule has 0 aliphatic rings. The Morgan fingerprint density at radius 3 is 2.40 bits per heavy atom. The molecule has 0 aromatic rings. The average Bonchev–Trinajstić information content (AvgIpc) is 1.98. The lowest BCUT2D eigenvalue weighted by Gasteiger charge is -1.78. The van der Waals surface area contributed by atoms with E-state index in [-0.39, 0.29) is 24.0 Å². The van der Waals surface area contributed by atoms with Gasteiger partial charge >= 0.3 is 12.3 Å². The van der Waals surface area contributed by atoms with Crippen molar-refractivity contribution in [3.05, 3.63) is 4.91 Å². The average molecular weight is 144 g/mol. The molecular formula is C5H6NO4+. The Hall–Kier alpha value is -1.39. The van der Waals surface area contributed by atoms with Gasteiger partial charge in [-0.25, -0.2) is 9.59 Å². The molecule has 0 heterocycles. The molecule has 0 unspecified atom stereocenters. The van der Waals surface area contributed by atoms with Crippen LogP contribution in [0.3, 0.4) is 0 Å². The Kier molecular flexibility index (Phi) is 3.86. The van der Waals surface area contributed by atoms with E-state index in [2.05, 4.69) is 0 Å². The molecule has 5 nitrogen and oxygen atoms in total. The normalized spacial score (nSPS) is 8.40. The van der Waals surface area contributed by atoms with Crippen molar-refractivity contribution >= 4 is 18.6 Å². The second-order valence-electron chi connectivity index (χ2n) is 1.53. The highest BCUT2D eigenvalue weighted by Crippen LogP contribution is 1.86. The van der Waals surface area contributed by atoms with Crippen molar-refractivity contribution in [1.29, 1.82) is 0 Å². The Labute approximate surface area is 56.6 Å². The lowest BCUT2D eigenvalue weighted by molar-refractivity contribution is -0.385. The smallest absolute Gasteiger partial charge is 0.303 e. The summed E-state index contributed by atoms with van der Waals surface area (Å²) in [5, 5.41) is 0. The van der Waals surface area contributed by atoms with Crippen LogP contribution in [-0.4, -0.2) is 23.4 Å². The van der Waals surface area contributed by atoms with Gasteiger partial charge in [-0.3, -0.25) is 0 Å². The Bertz CT molecular complexity index is 174. The first-order valence-electron chi connectivity index (χ1n) is 2.60. The standard InChI is InChI=1S/C5H6NO4/c7-3-1-2-5(9)6(10)4-8/h3-4H,1-2H2/q+1. The number of amides is 2. The van der Waals surface area contributed by atoms with Crippen LogP contribution in [0.15, 0.2) is 0 Å². The molecule has 0 saturated heterocycles. The van der Waals surface area contributed by atoms with Gasteiger partial charge in [0.2, 0.25) is 0 Å². The molecule has 10 heavy (non-hydrogen) atoms. The third kappa shape index (κ3) is 2.81. The molecule has 54 valence electrons. The van der Waals surface area contributed by atoms with Crippen LogP contribution in [0.5, 0.6) is 0 Å². The summed E-state index contributed by atoms with van der Waals surface area (Å²) in [7, 11) is 0. The van der Waals surface area contributed by atoms with Crippen LogP contribution in [0, 0.1) is 4.91 Å². The van der Waals surface area contributed by atoms with Crippen molar-refractivity contribution < 1.29 is 19.1 Å². The second-order valence-corrected chi connectivity index (χ2v) is 1.53. The van der Waals surface area contributed by atoms with E-state index in [1.165, 1.54) is 0 Å². The number of rotatable bonds is 4. The summed E-state index contributed by atoms with van der Waals surface area (Å²) >= 11 is 0. The third-order valence-electron chi connectivity index (χ3n) is 0.818. The number of hydrogen-bond acceptors (Lipinski definition) is 4. The van der Waals surface area contributed by atoms with E-state index < -0.39 is 5.91 Å². The fourth-order valence-electron chi connectivity index (χ4n) is 0.351. The highest BCUT2D eigenvalue weighted by molar-refractivity contribution is 5.74. The summed E-state index contributed by atoms with van der Waals surface area (Å²) in [4.78, 5) is 39.7. The topological polar surface area (TPSA) is 71.3 Å². The van der Waals surface area contributed by atoms with Gasteiger partial charge in [-0.2, -0.15) is 0 Å². The maximum Gasteiger partial charge on any atom is 0.443 e. The van der Waals surface area contributed by atoms with E-state index in [1.807, 2.05) is 0 Å². The predicted molar refractivity (Wildman–Crippen MR) is 30.0 cm³/mol. The van der Waals surface area contributed by atoms with Crippen molar-refractivity contribution in [3.8, 4) is 0 Å². The fourth-order valence-corrected chi connectivity index (χ4v) is 0.351. The van der Waals surface area contributed by atoms with Gasteiger partial charge in [-0.1, -0.05) is 0 Å². The van der Waals surface area contributed by atoms with Gasteiger partial charge in [0.1, 0.15) is 11.0 Å². The monoisotopic (exact) mass is 144 g/mol. The minimum Gasteiger partial charge on any atom is -0.303 e. The summed E-state index contributed by atoms with van der Waals surface area (Å²) in [6.45, 7) is 0. The molecule has 2 amide bonds. The predicted octanol–water partition coefficient (Wildman–Crippen LogP) is -0.573. The van der Waals surface area contributed by atoms with Gasteiger partial charge < -0.3 is 4.79 Å². The molecule has 0 fully saturated rings. The van der Waals surface area contributed by atoms with Crippen LogP contribution in [0.4, 0.5) is 0 Å². The largest absolute Gasteiger partial charge is 0.443 e. The molecule has 0 spiro atoms. The second kappa shape index (κ2) is 4.49. The molecule has 0 radical (unpaired) electrons. The van der Waals surface area contributed by atoms with Crippen molar-refractivity contribution in [3.63, 3.8) is 0 Å². The molecular weight excluding hydrogens is 138 g/mol. The summed E-state index contributed by atoms with van der Waals surface area (Å²) in [6, 6.07) is 0. The van der Waals surface area contributed by atoms with E-state index in [0.29, 0.717) is 6.29 Å². The summed E-state index contributed by atoms with van der Waals surface area (Å²) in [6.07, 6.45) is 0.154. The lowest BCUT2D eigenvalue weighted by Crippen LogP contribution is -2.15. The summed E-state index contributed by atoms with van der Waals surface area (Å²) in [5.41, 5.74) is 0. The zero-order valence-corrected chi connectivity index (χ0v) is 5.15. The summed E-state index contributed by atoms with van der Waals surface area (Å²) < 4.78 is -0.330. The fraction of sp³-hybridized carbons (Fsp3) is 0.400. The Morgan fingerprint density at radius 1 is 1.40 bits per heavy atom. The first-order chi connectivity index (χ1) is 4.72. The van der Waals surface area contributed by atoms with E-state index in [1.54, 1.807) is 0 Å². The molecule has 0 N–H and O–H groups in total. The molecule has 0 aliphatic carbocycles. The van der Waals surface area contributed by atoms with Gasteiger partial charge in [0, 0.05) is 11.3 Å². The molecule has 0 aromatic carbocycles. The van der Waals surface area contributed by atoms with E-state index in [9.17, 15) is 19.3 Å². The minimum absolute atomic E-state index is 0.0224. The maximum atomic E-state index is 10.4. The quantitative estimate of drug-likeness (QED) is 0.391. The van der Waals surface area contributed by atoms with Crippen molar-refractivity contribution in [2.24, 2.45) is 0 Å². The van der Waals surface area contributed by atoms with Gasteiger partial charge in [0.25, 0.3) is 0 Å². The molecule has 5 heteroatoms. The van der Waals surface area contributed by atoms with Crippen LogP contribution in [-0.2, 0) is 14.4 Å². The lowest BCUT2D eigenvalue weighted by atomic mass is 10.3. The van der Waals surface area contributed by atoms with Crippen molar-refractivity contribution in [1.82, 2.24) is 0 Å². The van der Waals surface area contributed by atoms with Gasteiger partial charge in [0.15, 0.2) is 0 Å². The van der Waals surface area contributed by atoms with E-state index in [4.69, 9.17) is 0 Å². The molecule has 0 bridgehead atoms. The number of carbonyl (C=O) groups excluding carboxylic acids is 3. The van der Waals surface area contributed by atoms with Crippen LogP contribution < -0.4 is 0 Å². The molecule has 0 aliphatic heterocycles. The highest BCUT2D eigenvalue weighted by Gasteiger charge is 2.19. The molecule has 0 atom stereocenters. The third-order valence-corrected chi connectivity index (χ3v) is 0.818. The molecule has 0 rings (SSSR count). The first kappa shape index (κ1) is 8.61. The molecule has 0 aromatic heterocycles. The highest BCUT2D eigenvalue weighted by atomic mass is 16.3. The van der Waals surface area contributed by atoms with Gasteiger partial charge in [0.05, 0.1) is 6.42 Å². The molecule has 0 saturated carbocycles. The van der Waals surface area contributed by atoms with Crippen molar-refractivity contribution in [2.75, 3.05) is 0 Å². The SMILES string of the molecule is O=CCCC(=O)[N+](=O)C=O. The number of nitrogens with zero attached hydrogens (tertiary/aromatic N) is 1. The Morgan fingerprint density at radius 2 is 2.00 bits per heavy atom. The van der Waals surface area contributed by atoms with Gasteiger partial charge in [-0.15, -0.1) is 0 Å². The van der Waals surface area contributed by atoms with E-state index in [0.717, 1.165) is 0 Å². The van der Waals surface area contributed by atoms with Gasteiger partial charge in [-0.05, 0) is 0 Å². The maximum absolute atomic E-state index is 10.4. The van der Waals surface area contributed by atoms with Crippen LogP contribution in [0.25, 0.3) is 0 Å². The number of carbonyl (C=O) groups is 3. The number of hydrogen-bond donors (Lipinski definition) is 0. The number of nitroso groups, excluding NO2 is 1. The zero-order chi connectivity index (χ0) is 7.98. The number of aldehydes is 1. The minimum atomic E-state index is -0.887. The van der Waals surface area contributed by atoms with Crippen LogP contribution in [0.2, 0.25) is 0 Å². The zero-order valence-electron chi connectivity index (χ0n) is 5.15. The van der Waals surface area contributed by atoms with Crippen LogP contribution in [0.1, 0.15) is 12.8 Å². The summed E-state index contributed by atoms with van der Waals surface area (Å²) in [5.74, 6) is -0.887. The first-order valence-corrected chi connectivity index (χ1v) is 2.60. The Balaban J connectivity index is 3.73. The van der Waals surface area contributed by atoms with Crippen LogP contribution >= 0.6 is 0 Å². The van der Waals surface area contributed by atoms with Crippen molar-refractivity contribution in [2.45, 2.75) is 12.8 Å². The number of imide groups is 1. The van der Waals surface area contributed by atoms with E-state index >= 15 is 0 Å².